The summed E-state index contributed by atoms with van der Waals surface area (Å²) in [5.74, 6) is 1.21. The minimum atomic E-state index is -0.179. The number of nitrogens with one attached hydrogen (secondary N) is 1. The van der Waals surface area contributed by atoms with E-state index < -0.39 is 0 Å². The van der Waals surface area contributed by atoms with Crippen molar-refractivity contribution in [3.05, 3.63) is 53.1 Å². The second-order valence-corrected chi connectivity index (χ2v) is 5.24. The first-order valence-electron chi connectivity index (χ1n) is 7.29. The first kappa shape index (κ1) is 14.3. The number of fused-ring (bicyclic) bond motifs is 3. The summed E-state index contributed by atoms with van der Waals surface area (Å²) in [5.41, 5.74) is 1.92. The van der Waals surface area contributed by atoms with Crippen LogP contribution >= 0.6 is 0 Å². The van der Waals surface area contributed by atoms with Gasteiger partial charge < -0.3 is 9.47 Å². The molecule has 7 nitrogen and oxygen atoms in total. The molecule has 3 aromatic heterocycles. The number of benzene rings is 1. The molecule has 120 valence electrons. The second-order valence-electron chi connectivity index (χ2n) is 5.24. The van der Waals surface area contributed by atoms with Crippen molar-refractivity contribution >= 4 is 21.8 Å². The number of aromatic amines is 1. The van der Waals surface area contributed by atoms with Gasteiger partial charge in [0.15, 0.2) is 0 Å². The fraction of sp³-hybridized carbons (Fsp3) is 0.118. The van der Waals surface area contributed by atoms with Gasteiger partial charge in [-0.05, 0) is 18.2 Å². The molecule has 0 atom stereocenters. The number of H-pyrrole nitrogens is 1. The van der Waals surface area contributed by atoms with Crippen LogP contribution in [0.2, 0.25) is 0 Å². The smallest absolute Gasteiger partial charge is 0.280 e. The lowest BCUT2D eigenvalue weighted by Gasteiger charge is -2.03. The van der Waals surface area contributed by atoms with E-state index in [4.69, 9.17) is 9.47 Å². The van der Waals surface area contributed by atoms with Gasteiger partial charge in [-0.15, -0.1) is 0 Å². The maximum absolute atomic E-state index is 12.7. The number of hydrogen-bond acceptors (Lipinski definition) is 5. The normalized spacial score (nSPS) is 11.1. The van der Waals surface area contributed by atoms with Crippen LogP contribution in [0.4, 0.5) is 0 Å². The van der Waals surface area contributed by atoms with Crippen molar-refractivity contribution < 1.29 is 9.47 Å². The molecule has 3 heterocycles. The van der Waals surface area contributed by atoms with Crippen molar-refractivity contribution in [2.24, 2.45) is 0 Å². The SMILES string of the molecule is COc1ccc2c(c1)ncc1c(=O)n(-c3ccc(OC)nc3)[nH]c12. The van der Waals surface area contributed by atoms with E-state index in [0.29, 0.717) is 17.0 Å². The zero-order chi connectivity index (χ0) is 16.7. The Morgan fingerprint density at radius 3 is 2.58 bits per heavy atom. The molecule has 1 N–H and O–H groups in total. The van der Waals surface area contributed by atoms with Gasteiger partial charge in [-0.1, -0.05) is 0 Å². The molecule has 0 aliphatic rings. The van der Waals surface area contributed by atoms with Crippen LogP contribution in [-0.2, 0) is 0 Å². The Morgan fingerprint density at radius 1 is 1.00 bits per heavy atom. The van der Waals surface area contributed by atoms with Crippen molar-refractivity contribution in [3.8, 4) is 17.3 Å². The number of rotatable bonds is 3. The van der Waals surface area contributed by atoms with Crippen molar-refractivity contribution in [2.45, 2.75) is 0 Å². The molecule has 4 rings (SSSR count). The molecule has 24 heavy (non-hydrogen) atoms. The number of pyridine rings is 2. The monoisotopic (exact) mass is 322 g/mol. The van der Waals surface area contributed by atoms with Crippen LogP contribution in [-0.4, -0.2) is 34.0 Å². The van der Waals surface area contributed by atoms with Crippen LogP contribution in [0.25, 0.3) is 27.5 Å². The fourth-order valence-corrected chi connectivity index (χ4v) is 2.67. The quantitative estimate of drug-likeness (QED) is 0.626. The number of methoxy groups -OCH3 is 2. The van der Waals surface area contributed by atoms with Crippen molar-refractivity contribution in [1.29, 1.82) is 0 Å². The third-order valence-electron chi connectivity index (χ3n) is 3.92. The van der Waals surface area contributed by atoms with Crippen molar-refractivity contribution in [2.75, 3.05) is 14.2 Å². The van der Waals surface area contributed by atoms with Crippen molar-refractivity contribution in [1.82, 2.24) is 19.7 Å². The molecule has 1 aromatic carbocycles. The Balaban J connectivity index is 1.95. The maximum atomic E-state index is 12.7. The number of hydrogen-bond donors (Lipinski definition) is 1. The summed E-state index contributed by atoms with van der Waals surface area (Å²) in [6.45, 7) is 0. The molecule has 0 aliphatic heterocycles. The molecular formula is C17H14N4O3. The van der Waals surface area contributed by atoms with E-state index in [1.165, 1.54) is 4.68 Å². The summed E-state index contributed by atoms with van der Waals surface area (Å²) < 4.78 is 11.7. The van der Waals surface area contributed by atoms with Crippen LogP contribution in [0, 0.1) is 0 Å². The summed E-state index contributed by atoms with van der Waals surface area (Å²) in [6, 6.07) is 9.03. The molecule has 0 saturated carbocycles. The molecule has 4 aromatic rings. The highest BCUT2D eigenvalue weighted by atomic mass is 16.5. The van der Waals surface area contributed by atoms with Crippen molar-refractivity contribution in [3.63, 3.8) is 0 Å². The average molecular weight is 322 g/mol. The summed E-state index contributed by atoms with van der Waals surface area (Å²) >= 11 is 0. The van der Waals surface area contributed by atoms with E-state index in [9.17, 15) is 4.79 Å². The summed E-state index contributed by atoms with van der Waals surface area (Å²) in [7, 11) is 3.15. The van der Waals surface area contributed by atoms with Gasteiger partial charge in [-0.2, -0.15) is 0 Å². The van der Waals surface area contributed by atoms with E-state index in [-0.39, 0.29) is 5.56 Å². The zero-order valence-electron chi connectivity index (χ0n) is 13.1. The molecule has 0 fully saturated rings. The lowest BCUT2D eigenvalue weighted by atomic mass is 10.1. The third kappa shape index (κ3) is 2.10. The van der Waals surface area contributed by atoms with Crippen LogP contribution in [0.3, 0.4) is 0 Å². The molecule has 0 saturated heterocycles. The van der Waals surface area contributed by atoms with Gasteiger partial charge in [0.1, 0.15) is 5.75 Å². The predicted molar refractivity (Wildman–Crippen MR) is 90.1 cm³/mol. The van der Waals surface area contributed by atoms with E-state index in [1.54, 1.807) is 38.7 Å². The van der Waals surface area contributed by atoms with Gasteiger partial charge in [-0.3, -0.25) is 14.9 Å². The third-order valence-corrected chi connectivity index (χ3v) is 3.92. The van der Waals surface area contributed by atoms with E-state index >= 15 is 0 Å². The Morgan fingerprint density at radius 2 is 1.88 bits per heavy atom. The van der Waals surface area contributed by atoms with E-state index in [2.05, 4.69) is 15.1 Å². The minimum absolute atomic E-state index is 0.179. The Bertz CT molecular complexity index is 1100. The number of ether oxygens (including phenoxy) is 2. The Labute approximate surface area is 136 Å². The van der Waals surface area contributed by atoms with E-state index in [0.717, 1.165) is 22.2 Å². The lowest BCUT2D eigenvalue weighted by Crippen LogP contribution is -2.14. The van der Waals surface area contributed by atoms with Gasteiger partial charge in [0.05, 0.1) is 42.5 Å². The standard InChI is InChI=1S/C17H14N4O3/c1-23-11-4-5-12-14(7-11)18-9-13-16(12)20-21(17(13)22)10-3-6-15(24-2)19-8-10/h3-9,20H,1-2H3. The highest BCUT2D eigenvalue weighted by molar-refractivity contribution is 6.03. The predicted octanol–water partition coefficient (Wildman–Crippen LogP) is 2.28. The summed E-state index contributed by atoms with van der Waals surface area (Å²) in [5, 5.41) is 4.51. The number of aromatic nitrogens is 4. The molecule has 0 spiro atoms. The van der Waals surface area contributed by atoms with Crippen LogP contribution in [0.5, 0.6) is 11.6 Å². The van der Waals surface area contributed by atoms with Gasteiger partial charge in [-0.25, -0.2) is 9.67 Å². The molecule has 0 unspecified atom stereocenters. The molecule has 0 bridgehead atoms. The number of nitrogens with zero attached hydrogens (tertiary/aromatic N) is 3. The highest BCUT2D eigenvalue weighted by Crippen LogP contribution is 2.24. The summed E-state index contributed by atoms with van der Waals surface area (Å²) in [4.78, 5) is 21.2. The van der Waals surface area contributed by atoms with Gasteiger partial charge >= 0.3 is 0 Å². The van der Waals surface area contributed by atoms with Gasteiger partial charge in [0.25, 0.3) is 5.56 Å². The lowest BCUT2D eigenvalue weighted by molar-refractivity contribution is 0.397. The summed E-state index contributed by atoms with van der Waals surface area (Å²) in [6.07, 6.45) is 3.15. The van der Waals surface area contributed by atoms with Crippen LogP contribution in [0.15, 0.2) is 47.5 Å². The van der Waals surface area contributed by atoms with Gasteiger partial charge in [0, 0.05) is 23.7 Å². The molecule has 7 heteroatoms. The molecule has 0 aliphatic carbocycles. The first-order valence-corrected chi connectivity index (χ1v) is 7.29. The van der Waals surface area contributed by atoms with Gasteiger partial charge in [0.2, 0.25) is 5.88 Å². The second kappa shape index (κ2) is 5.38. The largest absolute Gasteiger partial charge is 0.497 e. The van der Waals surface area contributed by atoms with E-state index in [1.807, 2.05) is 18.2 Å². The fourth-order valence-electron chi connectivity index (χ4n) is 2.67. The molecular weight excluding hydrogens is 308 g/mol. The Hall–Kier alpha value is -3.35. The zero-order valence-corrected chi connectivity index (χ0v) is 13.1. The average Bonchev–Trinajstić information content (AvgIpc) is 2.98. The molecule has 0 amide bonds. The molecule has 0 radical (unpaired) electrons. The first-order chi connectivity index (χ1) is 11.7. The van der Waals surface area contributed by atoms with Crippen LogP contribution in [0.1, 0.15) is 0 Å². The minimum Gasteiger partial charge on any atom is -0.497 e. The highest BCUT2D eigenvalue weighted by Gasteiger charge is 2.12. The van der Waals surface area contributed by atoms with Crippen LogP contribution < -0.4 is 15.0 Å². The Kier molecular flexibility index (Phi) is 3.19. The maximum Gasteiger partial charge on any atom is 0.280 e. The topological polar surface area (TPSA) is 82.0 Å².